The Bertz CT molecular complexity index is 583. The van der Waals surface area contributed by atoms with Crippen LogP contribution in [0.5, 0.6) is 0 Å². The van der Waals surface area contributed by atoms with Crippen molar-refractivity contribution in [2.45, 2.75) is 45.1 Å². The fourth-order valence-electron chi connectivity index (χ4n) is 2.78. The van der Waals surface area contributed by atoms with Gasteiger partial charge in [-0.25, -0.2) is 4.99 Å². The predicted molar refractivity (Wildman–Crippen MR) is 105 cm³/mol. The lowest BCUT2D eigenvalue weighted by molar-refractivity contribution is -0.127. The maximum atomic E-state index is 11.8. The van der Waals surface area contributed by atoms with Crippen LogP contribution in [0.4, 0.5) is 0 Å². The van der Waals surface area contributed by atoms with E-state index in [4.69, 9.17) is 0 Å². The Kier molecular flexibility index (Phi) is 7.91. The Balaban J connectivity index is 1.74. The first-order chi connectivity index (χ1) is 12.5. The van der Waals surface area contributed by atoms with Crippen molar-refractivity contribution in [2.24, 2.45) is 10.9 Å². The highest BCUT2D eigenvalue weighted by Crippen LogP contribution is 2.26. The molecule has 1 aromatic carbocycles. The van der Waals surface area contributed by atoms with Crippen LogP contribution >= 0.6 is 0 Å². The average molecular weight is 361 g/mol. The summed E-state index contributed by atoms with van der Waals surface area (Å²) < 4.78 is 0. The number of hydrogen-bond acceptors (Lipinski definition) is 3. The van der Waals surface area contributed by atoms with E-state index in [-0.39, 0.29) is 18.4 Å². The van der Waals surface area contributed by atoms with Crippen LogP contribution in [-0.4, -0.2) is 43.2 Å². The van der Waals surface area contributed by atoms with Crippen molar-refractivity contribution in [1.82, 2.24) is 16.0 Å². The lowest BCUT2D eigenvalue weighted by Gasteiger charge is -2.24. The minimum Gasteiger partial charge on any atom is -0.384 e. The van der Waals surface area contributed by atoms with Gasteiger partial charge in [0.2, 0.25) is 5.91 Å². The molecule has 1 fully saturated rings. The van der Waals surface area contributed by atoms with E-state index in [2.05, 4.69) is 20.9 Å². The molecule has 0 aliphatic heterocycles. The summed E-state index contributed by atoms with van der Waals surface area (Å²) in [5, 5.41) is 20.1. The van der Waals surface area contributed by atoms with Crippen molar-refractivity contribution in [2.75, 3.05) is 26.2 Å². The normalized spacial score (nSPS) is 17.1. The van der Waals surface area contributed by atoms with Gasteiger partial charge in [-0.05, 0) is 38.7 Å². The van der Waals surface area contributed by atoms with Crippen molar-refractivity contribution in [3.63, 3.8) is 0 Å². The zero-order valence-corrected chi connectivity index (χ0v) is 15.9. The summed E-state index contributed by atoms with van der Waals surface area (Å²) in [4.78, 5) is 16.3. The summed E-state index contributed by atoms with van der Waals surface area (Å²) in [5.41, 5.74) is -0.168. The van der Waals surface area contributed by atoms with Gasteiger partial charge in [0.25, 0.3) is 0 Å². The van der Waals surface area contributed by atoms with Gasteiger partial charge in [0, 0.05) is 25.6 Å². The van der Waals surface area contributed by atoms with Crippen molar-refractivity contribution < 1.29 is 9.90 Å². The SMILES string of the molecule is CCNC(=NCC(C)(O)c1ccccc1)NCCCNC(=O)C1CCC1. The zero-order valence-electron chi connectivity index (χ0n) is 15.9. The molecule has 1 saturated carbocycles. The lowest BCUT2D eigenvalue weighted by Crippen LogP contribution is -2.40. The van der Waals surface area contributed by atoms with E-state index in [9.17, 15) is 9.90 Å². The van der Waals surface area contributed by atoms with Crippen LogP contribution in [0.25, 0.3) is 0 Å². The van der Waals surface area contributed by atoms with E-state index >= 15 is 0 Å². The van der Waals surface area contributed by atoms with Crippen LogP contribution in [0.15, 0.2) is 35.3 Å². The highest BCUT2D eigenvalue weighted by atomic mass is 16.3. The molecule has 1 atom stereocenters. The number of aliphatic hydroxyl groups is 1. The number of amides is 1. The van der Waals surface area contributed by atoms with E-state index < -0.39 is 5.60 Å². The van der Waals surface area contributed by atoms with Crippen LogP contribution in [0, 0.1) is 5.92 Å². The van der Waals surface area contributed by atoms with Crippen molar-refractivity contribution in [3.05, 3.63) is 35.9 Å². The topological polar surface area (TPSA) is 85.8 Å². The van der Waals surface area contributed by atoms with Gasteiger partial charge in [-0.1, -0.05) is 36.8 Å². The third-order valence-electron chi connectivity index (χ3n) is 4.71. The number of hydrogen-bond donors (Lipinski definition) is 4. The van der Waals surface area contributed by atoms with Gasteiger partial charge < -0.3 is 21.1 Å². The fourth-order valence-corrected chi connectivity index (χ4v) is 2.78. The van der Waals surface area contributed by atoms with E-state index in [1.807, 2.05) is 37.3 Å². The third kappa shape index (κ3) is 6.33. The molecule has 6 heteroatoms. The van der Waals surface area contributed by atoms with E-state index in [1.165, 1.54) is 6.42 Å². The Morgan fingerprint density at radius 3 is 2.50 bits per heavy atom. The number of carbonyl (C=O) groups is 1. The molecule has 0 radical (unpaired) electrons. The van der Waals surface area contributed by atoms with Crippen LogP contribution in [0.2, 0.25) is 0 Å². The van der Waals surface area contributed by atoms with E-state index in [1.54, 1.807) is 6.92 Å². The minimum atomic E-state index is -1.01. The predicted octanol–water partition coefficient (Wildman–Crippen LogP) is 1.76. The monoisotopic (exact) mass is 360 g/mol. The molecule has 0 spiro atoms. The van der Waals surface area contributed by atoms with Crippen molar-refractivity contribution >= 4 is 11.9 Å². The summed E-state index contributed by atoms with van der Waals surface area (Å²) in [6.07, 6.45) is 4.07. The van der Waals surface area contributed by atoms with Crippen LogP contribution in [-0.2, 0) is 10.4 Å². The smallest absolute Gasteiger partial charge is 0.223 e. The second-order valence-corrected chi connectivity index (χ2v) is 7.03. The van der Waals surface area contributed by atoms with E-state index in [0.29, 0.717) is 19.0 Å². The summed E-state index contributed by atoms with van der Waals surface area (Å²) in [6, 6.07) is 9.56. The molecule has 0 bridgehead atoms. The molecular formula is C20H32N4O2. The number of nitrogens with zero attached hydrogens (tertiary/aromatic N) is 1. The number of guanidine groups is 1. The first kappa shape index (κ1) is 20.2. The van der Waals surface area contributed by atoms with Crippen LogP contribution < -0.4 is 16.0 Å². The van der Waals surface area contributed by atoms with Gasteiger partial charge in [0.05, 0.1) is 6.54 Å². The Labute approximate surface area is 156 Å². The average Bonchev–Trinajstić information content (AvgIpc) is 2.58. The summed E-state index contributed by atoms with van der Waals surface area (Å²) in [7, 11) is 0. The Hall–Kier alpha value is -2.08. The number of nitrogens with one attached hydrogen (secondary N) is 3. The Morgan fingerprint density at radius 2 is 1.88 bits per heavy atom. The number of rotatable bonds is 9. The first-order valence-electron chi connectivity index (χ1n) is 9.60. The molecule has 144 valence electrons. The van der Waals surface area contributed by atoms with Crippen molar-refractivity contribution in [3.8, 4) is 0 Å². The lowest BCUT2D eigenvalue weighted by atomic mass is 9.85. The largest absolute Gasteiger partial charge is 0.384 e. The quantitative estimate of drug-likeness (QED) is 0.307. The molecule has 26 heavy (non-hydrogen) atoms. The molecule has 0 heterocycles. The maximum absolute atomic E-state index is 11.8. The van der Waals surface area contributed by atoms with Crippen LogP contribution in [0.3, 0.4) is 0 Å². The highest BCUT2D eigenvalue weighted by Gasteiger charge is 2.24. The van der Waals surface area contributed by atoms with Gasteiger partial charge in [-0.3, -0.25) is 4.79 Å². The number of benzene rings is 1. The molecule has 6 nitrogen and oxygen atoms in total. The fraction of sp³-hybridized carbons (Fsp3) is 0.600. The second-order valence-electron chi connectivity index (χ2n) is 7.03. The summed E-state index contributed by atoms with van der Waals surface area (Å²) in [5.74, 6) is 1.10. The molecule has 4 N–H and O–H groups in total. The van der Waals surface area contributed by atoms with Gasteiger partial charge in [0.1, 0.15) is 5.60 Å². The second kappa shape index (κ2) is 10.2. The summed E-state index contributed by atoms with van der Waals surface area (Å²) >= 11 is 0. The van der Waals surface area contributed by atoms with Gasteiger partial charge in [-0.15, -0.1) is 0 Å². The van der Waals surface area contributed by atoms with Crippen LogP contribution in [0.1, 0.15) is 45.1 Å². The molecule has 1 unspecified atom stereocenters. The number of carbonyl (C=O) groups excluding carboxylic acids is 1. The van der Waals surface area contributed by atoms with Gasteiger partial charge in [-0.2, -0.15) is 0 Å². The number of aliphatic imine (C=N–C) groups is 1. The first-order valence-corrected chi connectivity index (χ1v) is 9.60. The molecule has 1 aliphatic rings. The third-order valence-corrected chi connectivity index (χ3v) is 4.71. The molecule has 0 saturated heterocycles. The maximum Gasteiger partial charge on any atom is 0.223 e. The highest BCUT2D eigenvalue weighted by molar-refractivity contribution is 5.80. The Morgan fingerprint density at radius 1 is 1.19 bits per heavy atom. The molecule has 1 aromatic rings. The van der Waals surface area contributed by atoms with Gasteiger partial charge in [0.15, 0.2) is 5.96 Å². The molecule has 0 aromatic heterocycles. The zero-order chi connectivity index (χ0) is 18.8. The van der Waals surface area contributed by atoms with Gasteiger partial charge >= 0.3 is 0 Å². The molecular weight excluding hydrogens is 328 g/mol. The minimum absolute atomic E-state index is 0.190. The molecule has 1 aliphatic carbocycles. The molecule has 1 amide bonds. The summed E-state index contributed by atoms with van der Waals surface area (Å²) in [6.45, 7) is 6.17. The van der Waals surface area contributed by atoms with Crippen molar-refractivity contribution in [1.29, 1.82) is 0 Å². The standard InChI is InChI=1S/C20H32N4O2/c1-3-21-19(23-14-8-13-22-18(25)16-9-7-10-16)24-15-20(2,26)17-11-5-4-6-12-17/h4-6,11-12,16,26H,3,7-10,13-15H2,1-2H3,(H,22,25)(H2,21,23,24). The van der Waals surface area contributed by atoms with E-state index in [0.717, 1.165) is 31.4 Å². The molecule has 2 rings (SSSR count).